The molecule has 15 heteroatoms. The summed E-state index contributed by atoms with van der Waals surface area (Å²) < 4.78 is 64.9. The number of carbonyl (C=O) groups excluding carboxylic acids is 3. The van der Waals surface area contributed by atoms with Crippen LogP contribution in [0, 0.1) is 29.6 Å². The van der Waals surface area contributed by atoms with Gasteiger partial charge in [0.1, 0.15) is 42.4 Å². The first-order valence-corrected chi connectivity index (χ1v) is 41.7. The van der Waals surface area contributed by atoms with Gasteiger partial charge in [-0.05, 0) is 171 Å². The molecule has 0 radical (unpaired) electrons. The van der Waals surface area contributed by atoms with Gasteiger partial charge in [-0.3, -0.25) is 9.59 Å². The normalized spacial score (nSPS) is 34.7. The van der Waals surface area contributed by atoms with Crippen LogP contribution in [-0.2, 0) is 51.3 Å². The summed E-state index contributed by atoms with van der Waals surface area (Å²) in [7, 11) is -7.82. The van der Waals surface area contributed by atoms with Crippen molar-refractivity contribution >= 4 is 42.7 Å². The number of ketones is 1. The Kier molecular flexibility index (Phi) is 24.5. The fourth-order valence-electron chi connectivity index (χ4n) is 12.6. The summed E-state index contributed by atoms with van der Waals surface area (Å²) in [5.41, 5.74) is 2.45. The quantitative estimate of drug-likeness (QED) is 0.112. The Morgan fingerprint density at radius 1 is 0.659 bits per heavy atom. The van der Waals surface area contributed by atoms with E-state index in [-0.39, 0.29) is 81.6 Å². The number of hydrogen-bond donors (Lipinski definition) is 0. The van der Waals surface area contributed by atoms with Crippen LogP contribution in [0.15, 0.2) is 66.8 Å². The Bertz CT molecular complexity index is 2420. The molecule has 0 spiro atoms. The first kappa shape index (κ1) is 71.5. The third-order valence-electron chi connectivity index (χ3n) is 21.5. The molecule has 3 unspecified atom stereocenters. The molecule has 6 aliphatic rings. The van der Waals surface area contributed by atoms with E-state index in [0.29, 0.717) is 55.9 Å². The molecule has 7 rings (SSSR count). The van der Waals surface area contributed by atoms with E-state index in [1.54, 1.807) is 12.1 Å². The largest absolute Gasteiger partial charge is 0.458 e. The van der Waals surface area contributed by atoms with E-state index in [9.17, 15) is 14.4 Å². The van der Waals surface area contributed by atoms with Crippen molar-refractivity contribution in [2.45, 2.75) is 321 Å². The first-order valence-electron chi connectivity index (χ1n) is 33.0. The summed E-state index contributed by atoms with van der Waals surface area (Å²) >= 11 is 0. The van der Waals surface area contributed by atoms with Crippen LogP contribution in [0.3, 0.4) is 0 Å². The molecular formula is C70H118O12Si3. The number of rotatable bonds is 12. The smallest absolute Gasteiger partial charge is 0.338 e. The van der Waals surface area contributed by atoms with E-state index in [0.717, 1.165) is 49.7 Å². The summed E-state index contributed by atoms with van der Waals surface area (Å²) in [6.45, 7) is 55.9. The maximum atomic E-state index is 15.0. The van der Waals surface area contributed by atoms with E-state index >= 15 is 0 Å². The maximum Gasteiger partial charge on any atom is 0.338 e. The molecule has 0 aliphatic carbocycles. The summed E-state index contributed by atoms with van der Waals surface area (Å²) in [5, 5.41) is -0.516. The zero-order valence-corrected chi connectivity index (χ0v) is 59.9. The van der Waals surface area contributed by atoms with Crippen LogP contribution < -0.4 is 0 Å². The zero-order chi connectivity index (χ0) is 63.4. The van der Waals surface area contributed by atoms with Gasteiger partial charge in [0, 0.05) is 26.2 Å². The van der Waals surface area contributed by atoms with Gasteiger partial charge < -0.3 is 41.7 Å². The highest BCUT2D eigenvalue weighted by Gasteiger charge is 2.58. The third kappa shape index (κ3) is 18.8. The van der Waals surface area contributed by atoms with Crippen LogP contribution in [0.25, 0.3) is 0 Å². The lowest BCUT2D eigenvalue weighted by atomic mass is 9.78. The molecule has 12 nitrogen and oxygen atoms in total. The van der Waals surface area contributed by atoms with Crippen molar-refractivity contribution in [3.05, 3.63) is 72.4 Å². The van der Waals surface area contributed by atoms with Gasteiger partial charge in [-0.15, -0.1) is 0 Å². The molecule has 4 saturated heterocycles. The zero-order valence-electron chi connectivity index (χ0n) is 56.9. The lowest BCUT2D eigenvalue weighted by Gasteiger charge is -2.56. The number of Topliss-reactive ketones (excluding diaryl/α,β-unsaturated/α-hetero) is 1. The summed E-state index contributed by atoms with van der Waals surface area (Å²) in [6.07, 6.45) is 7.38. The summed E-state index contributed by atoms with van der Waals surface area (Å²) in [6, 6.07) is 9.20. The molecule has 1 aromatic carbocycles. The Balaban J connectivity index is 1.49. The predicted molar refractivity (Wildman–Crippen MR) is 350 cm³/mol. The Hall–Kier alpha value is -2.58. The van der Waals surface area contributed by atoms with Crippen molar-refractivity contribution in [3.63, 3.8) is 0 Å². The first-order chi connectivity index (χ1) is 39.3. The molecule has 6 bridgehead atoms. The van der Waals surface area contributed by atoms with Gasteiger partial charge in [0.25, 0.3) is 0 Å². The van der Waals surface area contributed by atoms with E-state index in [1.807, 2.05) is 24.3 Å². The molecule has 6 aliphatic heterocycles. The standard InChI is InChI=1S/C70H118O12Si3/c1-24-44(2)39-60-49(7)56-42-52(72)41-55-34-36-58-63(76-55)65(81-84(20,21)69(12,13)14)66(82-85(22,23)70(15,16)17)64(79-58)59(80-83(18,19)68(9,10)11)37-33-53(77-67(73)51-28-26-25-27-29-51)31-32-54-40-47(5)57(75-54)35-30-45(3)38-46(4)48(6)61(74-50(8)71)43-62(56)78-60/h25-29,33,37,44-46,49,53-66H,5-6,24,30-32,34-36,38-43H2,1-4,7-23H3/b37-33+/t44-,45-,46-,49-,53?,54?,55?,56-,57+,58+,59+,60-,61-,62+,63+,64+,65+,66-/m1/s1. The number of esters is 2. The van der Waals surface area contributed by atoms with Crippen molar-refractivity contribution in [2.75, 3.05) is 0 Å². The Morgan fingerprint density at radius 2 is 1.24 bits per heavy atom. The lowest BCUT2D eigenvalue weighted by molar-refractivity contribution is -0.266. The molecule has 85 heavy (non-hydrogen) atoms. The lowest BCUT2D eigenvalue weighted by Crippen LogP contribution is -2.69. The van der Waals surface area contributed by atoms with Crippen molar-refractivity contribution in [1.29, 1.82) is 0 Å². The van der Waals surface area contributed by atoms with Crippen molar-refractivity contribution < 1.29 is 56.1 Å². The average Bonchev–Trinajstić information content (AvgIpc) is 2.02. The third-order valence-corrected chi connectivity index (χ3v) is 34.9. The predicted octanol–water partition coefficient (Wildman–Crippen LogP) is 16.9. The fourth-order valence-corrected chi connectivity index (χ4v) is 16.4. The van der Waals surface area contributed by atoms with Gasteiger partial charge >= 0.3 is 11.9 Å². The minimum atomic E-state index is -2.63. The summed E-state index contributed by atoms with van der Waals surface area (Å²) in [4.78, 5) is 42.1. The second-order valence-corrected chi connectivity index (χ2v) is 45.8. The molecule has 6 heterocycles. The van der Waals surface area contributed by atoms with Gasteiger partial charge in [-0.2, -0.15) is 0 Å². The number of carbonyl (C=O) groups is 3. The topological polar surface area (TPSA) is 134 Å². The molecule has 1 aromatic rings. The van der Waals surface area contributed by atoms with Gasteiger partial charge in [0.2, 0.25) is 0 Å². The molecular weight excluding hydrogens is 1120 g/mol. The second kappa shape index (κ2) is 29.1. The number of fused-ring (bicyclic) bond motifs is 15. The molecule has 18 atom stereocenters. The average molecular weight is 1240 g/mol. The van der Waals surface area contributed by atoms with E-state index in [1.165, 1.54) is 6.92 Å². The molecule has 0 saturated carbocycles. The van der Waals surface area contributed by atoms with Gasteiger partial charge in [-0.1, -0.05) is 141 Å². The highest BCUT2D eigenvalue weighted by Crippen LogP contribution is 2.49. The Morgan fingerprint density at radius 3 is 1.82 bits per heavy atom. The van der Waals surface area contributed by atoms with Crippen molar-refractivity contribution in [1.82, 2.24) is 0 Å². The Labute approximate surface area is 519 Å². The monoisotopic (exact) mass is 1230 g/mol. The van der Waals surface area contributed by atoms with Gasteiger partial charge in [-0.25, -0.2) is 4.79 Å². The molecule has 0 aromatic heterocycles. The van der Waals surface area contributed by atoms with Crippen LogP contribution in [0.2, 0.25) is 54.4 Å². The van der Waals surface area contributed by atoms with E-state index in [4.69, 9.17) is 41.7 Å². The van der Waals surface area contributed by atoms with Crippen LogP contribution in [0.1, 0.15) is 198 Å². The summed E-state index contributed by atoms with van der Waals surface area (Å²) in [5.74, 6) is 0.237. The highest BCUT2D eigenvalue weighted by molar-refractivity contribution is 6.75. The maximum absolute atomic E-state index is 15.0. The van der Waals surface area contributed by atoms with Crippen LogP contribution >= 0.6 is 0 Å². The minimum absolute atomic E-state index is 0.0298. The van der Waals surface area contributed by atoms with Crippen molar-refractivity contribution in [3.8, 4) is 0 Å². The number of hydrogen-bond acceptors (Lipinski definition) is 12. The minimum Gasteiger partial charge on any atom is -0.458 e. The SMILES string of the molecule is C=C1CC2CCC(OC(=O)c3ccccc3)/C=C/[C@H](O[Si](C)(C)C(C)(C)C)[C@@H]3O[C@H]4CCC(CC(=O)C[C@@H]5[C@@H](C)[C@@H](C[C@H](C)CC)O[C@H]5C[C@@H](OC(C)=O)C(=C)[C@H](C)C[C@H](C)CC[C@@H]1O2)O[C@@H]4[C@H](O[Si](C)(C)C(C)(C)C)[C@@H]3O[Si](C)(C)C(C)(C)C. The van der Waals surface area contributed by atoms with E-state index in [2.05, 4.69) is 155 Å². The van der Waals surface area contributed by atoms with Crippen molar-refractivity contribution in [2.24, 2.45) is 29.6 Å². The van der Waals surface area contributed by atoms with Crippen LogP contribution in [0.5, 0.6) is 0 Å². The number of ether oxygens (including phenoxy) is 6. The number of benzene rings is 1. The molecule has 0 N–H and O–H groups in total. The molecule has 4 fully saturated rings. The second-order valence-electron chi connectivity index (χ2n) is 31.5. The van der Waals surface area contributed by atoms with E-state index < -0.39 is 79.8 Å². The molecule has 482 valence electrons. The van der Waals surface area contributed by atoms with Gasteiger partial charge in [0.15, 0.2) is 25.0 Å². The van der Waals surface area contributed by atoms with Crippen LogP contribution in [0.4, 0.5) is 0 Å². The fraction of sp³-hybridized carbons (Fsp3) is 0.786. The molecule has 0 amide bonds. The van der Waals surface area contributed by atoms with Crippen LogP contribution in [-0.4, -0.2) is 122 Å². The van der Waals surface area contributed by atoms with Gasteiger partial charge in [0.05, 0.1) is 48.3 Å². The highest BCUT2D eigenvalue weighted by atomic mass is 28.4.